The van der Waals surface area contributed by atoms with Crippen LogP contribution in [-0.2, 0) is 0 Å². The molecular formula is C15H23NO2. The van der Waals surface area contributed by atoms with Gasteiger partial charge >= 0.3 is 0 Å². The van der Waals surface area contributed by atoms with Crippen LogP contribution in [0.3, 0.4) is 0 Å². The molecule has 0 bridgehead atoms. The normalized spacial score (nSPS) is 18.6. The highest BCUT2D eigenvalue weighted by molar-refractivity contribution is 5.40. The van der Waals surface area contributed by atoms with Gasteiger partial charge in [0.25, 0.3) is 0 Å². The maximum Gasteiger partial charge on any atom is 0.120 e. The molecule has 1 fully saturated rings. The summed E-state index contributed by atoms with van der Waals surface area (Å²) in [5.41, 5.74) is 1.26. The third-order valence-corrected chi connectivity index (χ3v) is 4.00. The first-order valence-corrected chi connectivity index (χ1v) is 6.81. The molecule has 1 aliphatic rings. The Balaban J connectivity index is 1.95. The molecule has 0 amide bonds. The van der Waals surface area contributed by atoms with Gasteiger partial charge in [0.1, 0.15) is 11.5 Å². The molecule has 0 aromatic heterocycles. The first-order valence-electron chi connectivity index (χ1n) is 6.81. The second-order valence-electron chi connectivity index (χ2n) is 5.60. The lowest BCUT2D eigenvalue weighted by Gasteiger charge is -2.20. The van der Waals surface area contributed by atoms with Crippen LogP contribution in [0, 0.1) is 5.41 Å². The van der Waals surface area contributed by atoms with E-state index in [-0.39, 0.29) is 17.5 Å². The summed E-state index contributed by atoms with van der Waals surface area (Å²) in [6.07, 6.45) is 5.13. The molecule has 3 N–H and O–H groups in total. The number of phenols is 2. The van der Waals surface area contributed by atoms with E-state index in [1.165, 1.54) is 31.7 Å². The van der Waals surface area contributed by atoms with Gasteiger partial charge in [-0.1, -0.05) is 13.3 Å². The van der Waals surface area contributed by atoms with E-state index in [4.69, 9.17) is 0 Å². The highest BCUT2D eigenvalue weighted by Crippen LogP contribution is 2.49. The summed E-state index contributed by atoms with van der Waals surface area (Å²) in [7, 11) is 0. The molecule has 1 aliphatic carbocycles. The highest BCUT2D eigenvalue weighted by Gasteiger charge is 2.41. The summed E-state index contributed by atoms with van der Waals surface area (Å²) >= 11 is 0. The van der Waals surface area contributed by atoms with Crippen LogP contribution in [0.2, 0.25) is 0 Å². The van der Waals surface area contributed by atoms with Crippen LogP contribution in [0.5, 0.6) is 11.5 Å². The second-order valence-corrected chi connectivity index (χ2v) is 5.60. The van der Waals surface area contributed by atoms with Gasteiger partial charge in [-0.15, -0.1) is 0 Å². The molecule has 1 atom stereocenters. The van der Waals surface area contributed by atoms with Gasteiger partial charge in [-0.2, -0.15) is 0 Å². The van der Waals surface area contributed by atoms with Crippen molar-refractivity contribution in [2.24, 2.45) is 5.41 Å². The van der Waals surface area contributed by atoms with Crippen LogP contribution in [0.25, 0.3) is 0 Å². The number of rotatable bonds is 6. The third-order valence-electron chi connectivity index (χ3n) is 4.00. The molecule has 1 saturated carbocycles. The smallest absolute Gasteiger partial charge is 0.120 e. The molecule has 1 unspecified atom stereocenters. The first-order chi connectivity index (χ1) is 8.56. The van der Waals surface area contributed by atoms with E-state index in [1.807, 2.05) is 6.92 Å². The van der Waals surface area contributed by atoms with Gasteiger partial charge in [0.2, 0.25) is 0 Å². The van der Waals surface area contributed by atoms with E-state index >= 15 is 0 Å². The second kappa shape index (κ2) is 5.19. The zero-order valence-corrected chi connectivity index (χ0v) is 11.2. The fraction of sp³-hybridized carbons (Fsp3) is 0.600. The Labute approximate surface area is 109 Å². The summed E-state index contributed by atoms with van der Waals surface area (Å²) in [5.74, 6) is 0.444. The molecule has 0 saturated heterocycles. The van der Waals surface area contributed by atoms with Crippen molar-refractivity contribution in [3.8, 4) is 11.5 Å². The number of hydrogen-bond acceptors (Lipinski definition) is 3. The number of nitrogens with one attached hydrogen (secondary N) is 1. The predicted octanol–water partition coefficient (Wildman–Crippen LogP) is 3.33. The fourth-order valence-electron chi connectivity index (χ4n) is 2.59. The summed E-state index contributed by atoms with van der Waals surface area (Å²) in [5, 5.41) is 22.8. The quantitative estimate of drug-likeness (QED) is 0.678. The molecule has 0 spiro atoms. The lowest BCUT2D eigenvalue weighted by atomic mass is 9.99. The molecule has 100 valence electrons. The van der Waals surface area contributed by atoms with Crippen molar-refractivity contribution in [2.45, 2.75) is 45.6 Å². The number of phenolic OH excluding ortho intramolecular Hbond substituents is 2. The monoisotopic (exact) mass is 249 g/mol. The van der Waals surface area contributed by atoms with E-state index in [9.17, 15) is 10.2 Å². The van der Waals surface area contributed by atoms with Crippen molar-refractivity contribution < 1.29 is 10.2 Å². The van der Waals surface area contributed by atoms with Gasteiger partial charge in [0.05, 0.1) is 0 Å². The van der Waals surface area contributed by atoms with Gasteiger partial charge in [-0.3, -0.25) is 0 Å². The van der Waals surface area contributed by atoms with Crippen molar-refractivity contribution >= 4 is 0 Å². The number of aromatic hydroxyl groups is 2. The Hall–Kier alpha value is -1.22. The Bertz CT molecular complexity index is 413. The minimum Gasteiger partial charge on any atom is -0.508 e. The van der Waals surface area contributed by atoms with Crippen molar-refractivity contribution in [1.82, 2.24) is 5.32 Å². The summed E-state index contributed by atoms with van der Waals surface area (Å²) in [6.45, 7) is 5.25. The molecule has 3 nitrogen and oxygen atoms in total. The van der Waals surface area contributed by atoms with Gasteiger partial charge < -0.3 is 15.5 Å². The average molecular weight is 249 g/mol. The minimum absolute atomic E-state index is 0.0615. The third kappa shape index (κ3) is 2.96. The van der Waals surface area contributed by atoms with Crippen LogP contribution in [0.4, 0.5) is 0 Å². The highest BCUT2D eigenvalue weighted by atomic mass is 16.3. The van der Waals surface area contributed by atoms with E-state index < -0.39 is 0 Å². The van der Waals surface area contributed by atoms with Crippen molar-refractivity contribution in [1.29, 1.82) is 0 Å². The number of hydrogen-bond donors (Lipinski definition) is 3. The SMILES string of the molecule is CCCC1(CNC(C)c2cc(O)ccc2O)CC1. The Morgan fingerprint density at radius 2 is 2.06 bits per heavy atom. The lowest BCUT2D eigenvalue weighted by Crippen LogP contribution is -2.26. The van der Waals surface area contributed by atoms with Gasteiger partial charge in [0.15, 0.2) is 0 Å². The lowest BCUT2D eigenvalue weighted by molar-refractivity contribution is 0.387. The topological polar surface area (TPSA) is 52.5 Å². The molecular weight excluding hydrogens is 226 g/mol. The van der Waals surface area contributed by atoms with E-state index in [0.29, 0.717) is 5.41 Å². The minimum atomic E-state index is 0.0615. The van der Waals surface area contributed by atoms with Crippen LogP contribution in [0.1, 0.15) is 51.1 Å². The largest absolute Gasteiger partial charge is 0.508 e. The van der Waals surface area contributed by atoms with Crippen LogP contribution < -0.4 is 5.32 Å². The van der Waals surface area contributed by atoms with Crippen LogP contribution in [0.15, 0.2) is 18.2 Å². The van der Waals surface area contributed by atoms with E-state index in [0.717, 1.165) is 12.1 Å². The zero-order chi connectivity index (χ0) is 13.2. The van der Waals surface area contributed by atoms with Crippen molar-refractivity contribution in [3.63, 3.8) is 0 Å². The van der Waals surface area contributed by atoms with E-state index in [2.05, 4.69) is 12.2 Å². The van der Waals surface area contributed by atoms with Crippen molar-refractivity contribution in [2.75, 3.05) is 6.54 Å². The van der Waals surface area contributed by atoms with Crippen LogP contribution >= 0.6 is 0 Å². The Morgan fingerprint density at radius 1 is 1.33 bits per heavy atom. The predicted molar refractivity (Wildman–Crippen MR) is 72.8 cm³/mol. The summed E-state index contributed by atoms with van der Waals surface area (Å²) in [6, 6.07) is 4.74. The number of benzene rings is 1. The van der Waals surface area contributed by atoms with E-state index in [1.54, 1.807) is 12.1 Å². The zero-order valence-electron chi connectivity index (χ0n) is 11.2. The molecule has 1 aromatic carbocycles. The van der Waals surface area contributed by atoms with Crippen molar-refractivity contribution in [3.05, 3.63) is 23.8 Å². The summed E-state index contributed by atoms with van der Waals surface area (Å²) < 4.78 is 0. The summed E-state index contributed by atoms with van der Waals surface area (Å²) in [4.78, 5) is 0. The maximum atomic E-state index is 9.80. The standard InChI is InChI=1S/C15H23NO2/c1-3-6-15(7-8-15)10-16-11(2)13-9-12(17)4-5-14(13)18/h4-5,9,11,16-18H,3,6-8,10H2,1-2H3. The molecule has 3 heteroatoms. The molecule has 0 radical (unpaired) electrons. The van der Waals surface area contributed by atoms with Crippen LogP contribution in [-0.4, -0.2) is 16.8 Å². The molecule has 0 heterocycles. The molecule has 2 rings (SSSR count). The maximum absolute atomic E-state index is 9.80. The fourth-order valence-corrected chi connectivity index (χ4v) is 2.59. The average Bonchev–Trinajstić information content (AvgIpc) is 3.10. The Kier molecular flexibility index (Phi) is 3.81. The first kappa shape index (κ1) is 13.2. The molecule has 0 aliphatic heterocycles. The molecule has 18 heavy (non-hydrogen) atoms. The molecule has 1 aromatic rings. The van der Waals surface area contributed by atoms with Gasteiger partial charge in [0, 0.05) is 18.2 Å². The van der Waals surface area contributed by atoms with Gasteiger partial charge in [-0.05, 0) is 49.8 Å². The Morgan fingerprint density at radius 3 is 2.67 bits per heavy atom. The van der Waals surface area contributed by atoms with Gasteiger partial charge in [-0.25, -0.2) is 0 Å².